The summed E-state index contributed by atoms with van der Waals surface area (Å²) in [5.41, 5.74) is 4.47. The molecule has 0 amide bonds. The molecule has 8 heteroatoms. The van der Waals surface area contributed by atoms with Crippen LogP contribution < -0.4 is 11.4 Å². The topological polar surface area (TPSA) is 99.6 Å². The first kappa shape index (κ1) is 12.0. The van der Waals surface area contributed by atoms with Gasteiger partial charge in [-0.15, -0.1) is 0 Å². The average molecular weight is 245 g/mol. The number of hydrogen-bond donors (Lipinski definition) is 2. The summed E-state index contributed by atoms with van der Waals surface area (Å²) in [5, 5.41) is 8.88. The standard InChI is InChI=1S/C9H12FN3O4/c10-5-3-13(9(15)12-8(5)11)6-1-2-16-7(4-14)17-6/h3,6-7,14H,1-2,4H2,(H2,11,12,15)/t6-,7-/m0/s1. The summed E-state index contributed by atoms with van der Waals surface area (Å²) in [6.45, 7) is -0.0372. The fraction of sp³-hybridized carbons (Fsp3) is 0.556. The third kappa shape index (κ3) is 2.43. The zero-order valence-electron chi connectivity index (χ0n) is 8.88. The largest absolute Gasteiger partial charge is 0.391 e. The van der Waals surface area contributed by atoms with Gasteiger partial charge in [-0.05, 0) is 0 Å². The van der Waals surface area contributed by atoms with Crippen molar-refractivity contribution in [3.63, 3.8) is 0 Å². The van der Waals surface area contributed by atoms with Crippen LogP contribution in [-0.4, -0.2) is 34.2 Å². The summed E-state index contributed by atoms with van der Waals surface area (Å²) in [4.78, 5) is 14.8. The first-order chi connectivity index (χ1) is 8.11. The number of halogens is 1. The molecular weight excluding hydrogens is 233 g/mol. The molecular formula is C9H12FN3O4. The molecule has 2 atom stereocenters. The number of hydrogen-bond acceptors (Lipinski definition) is 6. The maximum absolute atomic E-state index is 13.2. The highest BCUT2D eigenvalue weighted by atomic mass is 19.1. The number of aliphatic hydroxyl groups is 1. The highest BCUT2D eigenvalue weighted by molar-refractivity contribution is 5.26. The summed E-state index contributed by atoms with van der Waals surface area (Å²) in [6, 6.07) is 0. The van der Waals surface area contributed by atoms with E-state index in [0.29, 0.717) is 13.0 Å². The number of nitrogens with two attached hydrogens (primary N) is 1. The minimum atomic E-state index is -0.818. The van der Waals surface area contributed by atoms with Gasteiger partial charge in [0.25, 0.3) is 0 Å². The smallest absolute Gasteiger partial charge is 0.351 e. The van der Waals surface area contributed by atoms with E-state index in [-0.39, 0.29) is 6.61 Å². The number of rotatable bonds is 2. The van der Waals surface area contributed by atoms with Gasteiger partial charge in [0.15, 0.2) is 17.9 Å². The van der Waals surface area contributed by atoms with Crippen molar-refractivity contribution in [2.24, 2.45) is 0 Å². The maximum Gasteiger partial charge on any atom is 0.351 e. The molecule has 0 aliphatic carbocycles. The van der Waals surface area contributed by atoms with Crippen LogP contribution in [0.15, 0.2) is 11.0 Å². The van der Waals surface area contributed by atoms with Crippen molar-refractivity contribution in [3.05, 3.63) is 22.5 Å². The Morgan fingerprint density at radius 1 is 1.71 bits per heavy atom. The quantitative estimate of drug-likeness (QED) is 0.709. The monoisotopic (exact) mass is 245 g/mol. The van der Waals surface area contributed by atoms with Crippen molar-refractivity contribution in [2.75, 3.05) is 18.9 Å². The van der Waals surface area contributed by atoms with Crippen molar-refractivity contribution < 1.29 is 19.0 Å². The molecule has 94 valence electrons. The van der Waals surface area contributed by atoms with Gasteiger partial charge in [0.2, 0.25) is 0 Å². The molecule has 7 nitrogen and oxygen atoms in total. The molecule has 1 saturated heterocycles. The van der Waals surface area contributed by atoms with Crippen LogP contribution in [0.3, 0.4) is 0 Å². The van der Waals surface area contributed by atoms with Crippen LogP contribution in [0.1, 0.15) is 12.6 Å². The Labute approximate surface area is 95.6 Å². The molecule has 2 heterocycles. The highest BCUT2D eigenvalue weighted by Gasteiger charge is 2.25. The Kier molecular flexibility index (Phi) is 3.36. The summed E-state index contributed by atoms with van der Waals surface area (Å²) < 4.78 is 24.5. The van der Waals surface area contributed by atoms with Crippen molar-refractivity contribution in [3.8, 4) is 0 Å². The third-order valence-corrected chi connectivity index (χ3v) is 2.37. The molecule has 0 bridgehead atoms. The fourth-order valence-corrected chi connectivity index (χ4v) is 1.55. The normalized spacial score (nSPS) is 24.8. The molecule has 1 aliphatic heterocycles. The van der Waals surface area contributed by atoms with Gasteiger partial charge in [-0.25, -0.2) is 9.18 Å². The predicted octanol–water partition coefficient (Wildman–Crippen LogP) is -0.782. The van der Waals surface area contributed by atoms with Gasteiger partial charge in [0.1, 0.15) is 6.23 Å². The molecule has 3 N–H and O–H groups in total. The minimum absolute atomic E-state index is 0.300. The Morgan fingerprint density at radius 2 is 2.47 bits per heavy atom. The van der Waals surface area contributed by atoms with E-state index in [0.717, 1.165) is 10.8 Å². The van der Waals surface area contributed by atoms with E-state index in [9.17, 15) is 9.18 Å². The van der Waals surface area contributed by atoms with E-state index >= 15 is 0 Å². The number of anilines is 1. The van der Waals surface area contributed by atoms with Gasteiger partial charge in [-0.1, -0.05) is 0 Å². The Morgan fingerprint density at radius 3 is 3.18 bits per heavy atom. The second kappa shape index (κ2) is 4.78. The first-order valence-corrected chi connectivity index (χ1v) is 5.04. The van der Waals surface area contributed by atoms with Crippen molar-refractivity contribution in [1.29, 1.82) is 0 Å². The summed E-state index contributed by atoms with van der Waals surface area (Å²) in [7, 11) is 0. The van der Waals surface area contributed by atoms with Gasteiger partial charge in [0, 0.05) is 6.42 Å². The molecule has 17 heavy (non-hydrogen) atoms. The zero-order chi connectivity index (χ0) is 12.4. The molecule has 0 radical (unpaired) electrons. The van der Waals surface area contributed by atoms with Crippen LogP contribution in [0, 0.1) is 5.82 Å². The molecule has 2 rings (SSSR count). The Hall–Kier alpha value is -1.51. The predicted molar refractivity (Wildman–Crippen MR) is 54.4 cm³/mol. The first-order valence-electron chi connectivity index (χ1n) is 5.04. The molecule has 1 aliphatic rings. The molecule has 1 aromatic heterocycles. The van der Waals surface area contributed by atoms with Crippen LogP contribution in [0.25, 0.3) is 0 Å². The minimum Gasteiger partial charge on any atom is -0.391 e. The molecule has 1 fully saturated rings. The van der Waals surface area contributed by atoms with Gasteiger partial charge in [-0.2, -0.15) is 4.98 Å². The van der Waals surface area contributed by atoms with Crippen LogP contribution in [0.4, 0.5) is 10.2 Å². The molecule has 0 saturated carbocycles. The van der Waals surface area contributed by atoms with E-state index in [2.05, 4.69) is 4.98 Å². The van der Waals surface area contributed by atoms with Crippen molar-refractivity contribution >= 4 is 5.82 Å². The lowest BCUT2D eigenvalue weighted by atomic mass is 10.3. The van der Waals surface area contributed by atoms with E-state index in [4.69, 9.17) is 20.3 Å². The van der Waals surface area contributed by atoms with Crippen molar-refractivity contribution in [1.82, 2.24) is 9.55 Å². The van der Waals surface area contributed by atoms with E-state index in [1.807, 2.05) is 0 Å². The molecule has 0 aromatic carbocycles. The number of nitrogens with zero attached hydrogens (tertiary/aromatic N) is 2. The lowest BCUT2D eigenvalue weighted by molar-refractivity contribution is -0.247. The number of aromatic nitrogens is 2. The fourth-order valence-electron chi connectivity index (χ4n) is 1.55. The van der Waals surface area contributed by atoms with E-state index in [1.165, 1.54) is 0 Å². The van der Waals surface area contributed by atoms with Gasteiger partial charge in [0.05, 0.1) is 19.4 Å². The Bertz CT molecular complexity index is 464. The number of nitrogen functional groups attached to an aromatic ring is 1. The van der Waals surface area contributed by atoms with Crippen molar-refractivity contribution in [2.45, 2.75) is 18.9 Å². The molecule has 0 unspecified atom stereocenters. The summed E-state index contributed by atoms with van der Waals surface area (Å²) in [6.07, 6.45) is -0.228. The number of ether oxygens (including phenoxy) is 2. The lowest BCUT2D eigenvalue weighted by Crippen LogP contribution is -2.38. The zero-order valence-corrected chi connectivity index (χ0v) is 8.88. The van der Waals surface area contributed by atoms with Gasteiger partial charge < -0.3 is 20.3 Å². The van der Waals surface area contributed by atoms with Gasteiger partial charge >= 0.3 is 5.69 Å². The SMILES string of the molecule is Nc1nc(=O)n([C@@H]2CCO[C@H](CO)O2)cc1F. The van der Waals surface area contributed by atoms with E-state index < -0.39 is 29.8 Å². The summed E-state index contributed by atoms with van der Waals surface area (Å²) >= 11 is 0. The second-order valence-corrected chi connectivity index (χ2v) is 3.53. The number of aliphatic hydroxyl groups excluding tert-OH is 1. The van der Waals surface area contributed by atoms with Crippen LogP contribution in [0.5, 0.6) is 0 Å². The maximum atomic E-state index is 13.2. The molecule has 1 aromatic rings. The molecule has 0 spiro atoms. The Balaban J connectivity index is 2.27. The second-order valence-electron chi connectivity index (χ2n) is 3.53. The average Bonchev–Trinajstić information content (AvgIpc) is 2.34. The van der Waals surface area contributed by atoms with Crippen LogP contribution >= 0.6 is 0 Å². The van der Waals surface area contributed by atoms with Crippen LogP contribution in [0.2, 0.25) is 0 Å². The third-order valence-electron chi connectivity index (χ3n) is 2.37. The van der Waals surface area contributed by atoms with Crippen LogP contribution in [-0.2, 0) is 9.47 Å². The lowest BCUT2D eigenvalue weighted by Gasteiger charge is -2.29. The highest BCUT2D eigenvalue weighted by Crippen LogP contribution is 2.20. The van der Waals surface area contributed by atoms with E-state index in [1.54, 1.807) is 0 Å². The summed E-state index contributed by atoms with van der Waals surface area (Å²) in [5.74, 6) is -1.24. The van der Waals surface area contributed by atoms with Gasteiger partial charge in [-0.3, -0.25) is 4.57 Å².